The number of nitrogens with one attached hydrogen (secondary N) is 1. The van der Waals surface area contributed by atoms with E-state index in [2.05, 4.69) is 65.6 Å². The lowest BCUT2D eigenvalue weighted by molar-refractivity contribution is 0.464. The molecule has 4 aromatic rings. The van der Waals surface area contributed by atoms with Crippen LogP contribution in [0.3, 0.4) is 0 Å². The second-order valence-corrected chi connectivity index (χ2v) is 9.81. The summed E-state index contributed by atoms with van der Waals surface area (Å²) in [6.07, 6.45) is 14.8. The average Bonchev–Trinajstić information content (AvgIpc) is 3.45. The predicted octanol–water partition coefficient (Wildman–Crippen LogP) is 4.62. The van der Waals surface area contributed by atoms with Gasteiger partial charge < -0.3 is 10.2 Å². The molecule has 0 unspecified atom stereocenters. The summed E-state index contributed by atoms with van der Waals surface area (Å²) in [7, 11) is 4.11. The zero-order valence-corrected chi connectivity index (χ0v) is 21.7. The minimum Gasteiger partial charge on any atom is -0.380 e. The van der Waals surface area contributed by atoms with Gasteiger partial charge in [-0.1, -0.05) is 11.6 Å². The van der Waals surface area contributed by atoms with Crippen LogP contribution in [0.25, 0.3) is 28.1 Å². The summed E-state index contributed by atoms with van der Waals surface area (Å²) in [6.45, 7) is 6.07. The van der Waals surface area contributed by atoms with E-state index >= 15 is 0 Å². The Hall–Kier alpha value is -4.27. The van der Waals surface area contributed by atoms with Crippen LogP contribution in [0.5, 0.6) is 0 Å². The first-order valence-corrected chi connectivity index (χ1v) is 12.8. The molecule has 6 rings (SSSR count). The fourth-order valence-electron chi connectivity index (χ4n) is 5.06. The minimum atomic E-state index is 0.553. The molecule has 0 saturated heterocycles. The highest BCUT2D eigenvalue weighted by molar-refractivity contribution is 5.84. The standard InChI is InChI=1S/C28H31N9/c1-5-37-17-22(15-31-37)32-28-30-13-19-6-9-24-25(26(19)33-28)27(36(4)34-24)20-7-8-23(29-14-20)21-12-18(2)10-11-35(3)16-21/h7-8,12-17H,5-6,9-11H2,1-4H3,(H,30,32,33). The van der Waals surface area contributed by atoms with Crippen LogP contribution in [0.2, 0.25) is 0 Å². The number of pyridine rings is 1. The summed E-state index contributed by atoms with van der Waals surface area (Å²) in [5, 5.41) is 12.5. The maximum atomic E-state index is 4.95. The number of hydrogen-bond acceptors (Lipinski definition) is 7. The molecule has 0 radical (unpaired) electrons. The quantitative estimate of drug-likeness (QED) is 0.434. The largest absolute Gasteiger partial charge is 0.380 e. The molecule has 37 heavy (non-hydrogen) atoms. The van der Waals surface area contributed by atoms with Crippen LogP contribution in [0.1, 0.15) is 37.2 Å². The lowest BCUT2D eigenvalue weighted by Crippen LogP contribution is -2.11. The normalized spacial score (nSPS) is 15.0. The van der Waals surface area contributed by atoms with Crippen molar-refractivity contribution in [1.82, 2.24) is 39.4 Å². The summed E-state index contributed by atoms with van der Waals surface area (Å²) in [6, 6.07) is 4.24. The third-order valence-corrected chi connectivity index (χ3v) is 7.02. The van der Waals surface area contributed by atoms with Crippen LogP contribution in [0.15, 0.2) is 54.8 Å². The Morgan fingerprint density at radius 2 is 1.92 bits per heavy atom. The highest BCUT2D eigenvalue weighted by atomic mass is 15.3. The van der Waals surface area contributed by atoms with Gasteiger partial charge in [0.2, 0.25) is 5.95 Å². The Morgan fingerprint density at radius 3 is 2.70 bits per heavy atom. The van der Waals surface area contributed by atoms with E-state index in [0.717, 1.165) is 83.1 Å². The van der Waals surface area contributed by atoms with Crippen molar-refractivity contribution < 1.29 is 0 Å². The molecule has 9 heteroatoms. The average molecular weight is 494 g/mol. The Balaban J connectivity index is 1.37. The van der Waals surface area contributed by atoms with Crippen LogP contribution in [0, 0.1) is 0 Å². The van der Waals surface area contributed by atoms with Crippen LogP contribution in [0.4, 0.5) is 11.6 Å². The van der Waals surface area contributed by atoms with Crippen LogP contribution >= 0.6 is 0 Å². The van der Waals surface area contributed by atoms with Gasteiger partial charge in [-0.05, 0) is 50.8 Å². The molecular formula is C28H31N9. The Labute approximate surface area is 216 Å². The van der Waals surface area contributed by atoms with E-state index < -0.39 is 0 Å². The summed E-state index contributed by atoms with van der Waals surface area (Å²) < 4.78 is 3.83. The molecule has 188 valence electrons. The van der Waals surface area contributed by atoms with Gasteiger partial charge in [-0.2, -0.15) is 10.2 Å². The third kappa shape index (κ3) is 4.41. The fraction of sp³-hybridized carbons (Fsp3) is 0.321. The van der Waals surface area contributed by atoms with Gasteiger partial charge in [0.05, 0.1) is 34.7 Å². The Bertz CT molecular complexity index is 1520. The highest BCUT2D eigenvalue weighted by Crippen LogP contribution is 2.39. The molecule has 1 aliphatic carbocycles. The summed E-state index contributed by atoms with van der Waals surface area (Å²) in [4.78, 5) is 16.6. The minimum absolute atomic E-state index is 0.553. The molecule has 0 bridgehead atoms. The van der Waals surface area contributed by atoms with Crippen LogP contribution < -0.4 is 5.32 Å². The number of aryl methyl sites for hydroxylation is 4. The van der Waals surface area contributed by atoms with Crippen LogP contribution in [-0.4, -0.2) is 53.0 Å². The van der Waals surface area contributed by atoms with Crippen molar-refractivity contribution in [2.75, 3.05) is 18.9 Å². The lowest BCUT2D eigenvalue weighted by Gasteiger charge is -2.17. The van der Waals surface area contributed by atoms with E-state index in [1.807, 2.05) is 35.0 Å². The molecule has 9 nitrogen and oxygen atoms in total. The topological polar surface area (TPSA) is 89.6 Å². The third-order valence-electron chi connectivity index (χ3n) is 7.02. The smallest absolute Gasteiger partial charge is 0.227 e. The zero-order valence-electron chi connectivity index (χ0n) is 21.7. The first kappa shape index (κ1) is 23.1. The molecule has 0 saturated carbocycles. The SMILES string of the molecule is CCn1cc(Nc2ncc3c(n2)-c2c(nn(C)c2-c2ccc(C4=CN(C)CCC(C)=C4)nc2)CC3)cn1. The number of anilines is 2. The fourth-order valence-corrected chi connectivity index (χ4v) is 5.06. The molecule has 1 aliphatic heterocycles. The van der Waals surface area contributed by atoms with Crippen molar-refractivity contribution in [2.24, 2.45) is 7.05 Å². The monoisotopic (exact) mass is 493 g/mol. The maximum Gasteiger partial charge on any atom is 0.227 e. The number of nitrogens with zero attached hydrogens (tertiary/aromatic N) is 8. The number of fused-ring (bicyclic) bond motifs is 3. The Kier molecular flexibility index (Phi) is 5.82. The molecule has 0 atom stereocenters. The summed E-state index contributed by atoms with van der Waals surface area (Å²) in [5.74, 6) is 0.553. The van der Waals surface area contributed by atoms with Gasteiger partial charge in [-0.3, -0.25) is 14.3 Å². The van der Waals surface area contributed by atoms with E-state index in [-0.39, 0.29) is 0 Å². The Morgan fingerprint density at radius 1 is 1.03 bits per heavy atom. The predicted molar refractivity (Wildman–Crippen MR) is 145 cm³/mol. The van der Waals surface area contributed by atoms with Crippen molar-refractivity contribution >= 4 is 17.2 Å². The number of hydrogen-bond donors (Lipinski definition) is 1. The number of rotatable bonds is 5. The van der Waals surface area contributed by atoms with Gasteiger partial charge in [0.25, 0.3) is 0 Å². The van der Waals surface area contributed by atoms with E-state index in [9.17, 15) is 0 Å². The second-order valence-electron chi connectivity index (χ2n) is 9.81. The van der Waals surface area contributed by atoms with Gasteiger partial charge >= 0.3 is 0 Å². The first-order valence-electron chi connectivity index (χ1n) is 12.8. The van der Waals surface area contributed by atoms with Crippen LogP contribution in [-0.2, 0) is 26.4 Å². The first-order chi connectivity index (χ1) is 18.0. The molecule has 2 aliphatic rings. The molecular weight excluding hydrogens is 462 g/mol. The van der Waals surface area contributed by atoms with Gasteiger partial charge in [0, 0.05) is 68.7 Å². The second kappa shape index (κ2) is 9.31. The van der Waals surface area contributed by atoms with Gasteiger partial charge in [0.15, 0.2) is 0 Å². The summed E-state index contributed by atoms with van der Waals surface area (Å²) >= 11 is 0. The van der Waals surface area contributed by atoms with E-state index in [1.165, 1.54) is 5.57 Å². The van der Waals surface area contributed by atoms with Crippen molar-refractivity contribution in [3.63, 3.8) is 0 Å². The molecule has 0 spiro atoms. The zero-order chi connectivity index (χ0) is 25.5. The molecule has 4 aromatic heterocycles. The van der Waals surface area contributed by atoms with Crippen molar-refractivity contribution in [2.45, 2.75) is 39.7 Å². The number of allylic oxidation sites excluding steroid dienone is 2. The van der Waals surface area contributed by atoms with E-state index in [1.54, 1.807) is 6.20 Å². The molecule has 0 aromatic carbocycles. The summed E-state index contributed by atoms with van der Waals surface area (Å²) in [5.41, 5.74) is 10.6. The van der Waals surface area contributed by atoms with E-state index in [0.29, 0.717) is 5.95 Å². The molecule has 0 fully saturated rings. The maximum absolute atomic E-state index is 4.95. The van der Waals surface area contributed by atoms with Gasteiger partial charge in [-0.25, -0.2) is 9.97 Å². The van der Waals surface area contributed by atoms with Crippen molar-refractivity contribution in [3.05, 3.63) is 71.7 Å². The van der Waals surface area contributed by atoms with Gasteiger partial charge in [-0.15, -0.1) is 0 Å². The van der Waals surface area contributed by atoms with Gasteiger partial charge in [0.1, 0.15) is 0 Å². The highest BCUT2D eigenvalue weighted by Gasteiger charge is 2.27. The van der Waals surface area contributed by atoms with Crippen molar-refractivity contribution in [3.8, 4) is 22.5 Å². The lowest BCUT2D eigenvalue weighted by atomic mass is 9.91. The van der Waals surface area contributed by atoms with Crippen molar-refractivity contribution in [1.29, 1.82) is 0 Å². The van der Waals surface area contributed by atoms with E-state index in [4.69, 9.17) is 15.1 Å². The number of aromatic nitrogens is 7. The molecule has 0 amide bonds. The molecule has 5 heterocycles. The molecule has 1 N–H and O–H groups in total.